The van der Waals surface area contributed by atoms with Gasteiger partial charge in [-0.2, -0.15) is 0 Å². The van der Waals surface area contributed by atoms with E-state index in [1.807, 2.05) is 0 Å². The van der Waals surface area contributed by atoms with Crippen molar-refractivity contribution in [2.75, 3.05) is 5.33 Å². The Balaban J connectivity index is 2.05. The van der Waals surface area contributed by atoms with Crippen molar-refractivity contribution in [2.24, 2.45) is 5.41 Å². The SMILES string of the molecule is CC1(CCCCCBr)CCCC1. The number of hydrogen-bond donors (Lipinski definition) is 0. The number of unbranched alkanes of at least 4 members (excludes halogenated alkanes) is 2. The lowest BCUT2D eigenvalue weighted by Crippen LogP contribution is -2.10. The van der Waals surface area contributed by atoms with Crippen LogP contribution in [0.2, 0.25) is 0 Å². The van der Waals surface area contributed by atoms with Gasteiger partial charge in [0, 0.05) is 5.33 Å². The maximum atomic E-state index is 3.48. The first kappa shape index (κ1) is 10.6. The first-order valence-corrected chi connectivity index (χ1v) is 6.45. The highest BCUT2D eigenvalue weighted by Gasteiger charge is 2.27. The molecule has 1 aliphatic carbocycles. The molecule has 0 bridgehead atoms. The fraction of sp³-hybridized carbons (Fsp3) is 1.00. The van der Waals surface area contributed by atoms with Crippen molar-refractivity contribution in [3.8, 4) is 0 Å². The van der Waals surface area contributed by atoms with Gasteiger partial charge in [-0.15, -0.1) is 0 Å². The second kappa shape index (κ2) is 5.26. The molecule has 0 nitrogen and oxygen atoms in total. The fourth-order valence-corrected chi connectivity index (χ4v) is 2.70. The summed E-state index contributed by atoms with van der Waals surface area (Å²) in [6, 6.07) is 0. The highest BCUT2D eigenvalue weighted by Crippen LogP contribution is 2.41. The molecule has 0 unspecified atom stereocenters. The largest absolute Gasteiger partial charge is 0.0928 e. The van der Waals surface area contributed by atoms with E-state index in [2.05, 4.69) is 22.9 Å². The van der Waals surface area contributed by atoms with Gasteiger partial charge in [0.1, 0.15) is 0 Å². The first-order chi connectivity index (χ1) is 5.77. The van der Waals surface area contributed by atoms with Crippen LogP contribution in [0, 0.1) is 5.41 Å². The minimum atomic E-state index is 0.728. The Bertz CT molecular complexity index is 114. The third-order valence-electron chi connectivity index (χ3n) is 3.22. The molecular formula is C11H21Br. The van der Waals surface area contributed by atoms with Crippen LogP contribution < -0.4 is 0 Å². The molecule has 1 rings (SSSR count). The summed E-state index contributed by atoms with van der Waals surface area (Å²) in [5, 5.41) is 1.18. The molecule has 0 aromatic carbocycles. The third kappa shape index (κ3) is 3.47. The van der Waals surface area contributed by atoms with Gasteiger partial charge in [-0.3, -0.25) is 0 Å². The van der Waals surface area contributed by atoms with Gasteiger partial charge in [-0.1, -0.05) is 48.5 Å². The lowest BCUT2D eigenvalue weighted by molar-refractivity contribution is 0.296. The van der Waals surface area contributed by atoms with Crippen molar-refractivity contribution >= 4 is 15.9 Å². The second-order valence-corrected chi connectivity index (χ2v) is 5.31. The standard InChI is InChI=1S/C11H21Br/c1-11(8-4-5-9-11)7-3-2-6-10-12/h2-10H2,1H3. The molecule has 0 aromatic heterocycles. The van der Waals surface area contributed by atoms with Crippen LogP contribution in [-0.4, -0.2) is 5.33 Å². The van der Waals surface area contributed by atoms with Crippen molar-refractivity contribution in [2.45, 2.75) is 58.3 Å². The molecule has 12 heavy (non-hydrogen) atoms. The summed E-state index contributed by atoms with van der Waals surface area (Å²) >= 11 is 3.48. The molecule has 1 heteroatoms. The Labute approximate surface area is 85.3 Å². The normalized spacial score (nSPS) is 21.5. The summed E-state index contributed by atoms with van der Waals surface area (Å²) in [6.45, 7) is 2.48. The van der Waals surface area contributed by atoms with Crippen LogP contribution in [0.15, 0.2) is 0 Å². The van der Waals surface area contributed by atoms with Crippen molar-refractivity contribution < 1.29 is 0 Å². The first-order valence-electron chi connectivity index (χ1n) is 5.33. The quantitative estimate of drug-likeness (QED) is 0.483. The zero-order chi connectivity index (χ0) is 8.86. The summed E-state index contributed by atoms with van der Waals surface area (Å²) in [4.78, 5) is 0. The average molecular weight is 233 g/mol. The Morgan fingerprint density at radius 3 is 2.33 bits per heavy atom. The van der Waals surface area contributed by atoms with Crippen LogP contribution in [0.5, 0.6) is 0 Å². The number of hydrogen-bond acceptors (Lipinski definition) is 0. The zero-order valence-corrected chi connectivity index (χ0v) is 9.83. The van der Waals surface area contributed by atoms with E-state index in [0.717, 1.165) is 5.41 Å². The minimum absolute atomic E-state index is 0.728. The Hall–Kier alpha value is 0.480. The average Bonchev–Trinajstić information content (AvgIpc) is 2.47. The van der Waals surface area contributed by atoms with Gasteiger partial charge in [0.2, 0.25) is 0 Å². The van der Waals surface area contributed by atoms with E-state index in [1.54, 1.807) is 0 Å². The molecule has 1 fully saturated rings. The van der Waals surface area contributed by atoms with Crippen LogP contribution >= 0.6 is 15.9 Å². The lowest BCUT2D eigenvalue weighted by Gasteiger charge is -2.22. The van der Waals surface area contributed by atoms with Crippen molar-refractivity contribution in [3.63, 3.8) is 0 Å². The van der Waals surface area contributed by atoms with E-state index < -0.39 is 0 Å². The summed E-state index contributed by atoms with van der Waals surface area (Å²) in [5.74, 6) is 0. The molecular weight excluding hydrogens is 212 g/mol. The van der Waals surface area contributed by atoms with Crippen LogP contribution in [-0.2, 0) is 0 Å². The maximum Gasteiger partial charge on any atom is 0.00313 e. The Kier molecular flexibility index (Phi) is 4.63. The number of rotatable bonds is 5. The van der Waals surface area contributed by atoms with E-state index in [9.17, 15) is 0 Å². The molecule has 0 aliphatic heterocycles. The fourth-order valence-electron chi connectivity index (χ4n) is 2.30. The Morgan fingerprint density at radius 1 is 1.08 bits per heavy atom. The highest BCUT2D eigenvalue weighted by atomic mass is 79.9. The summed E-state index contributed by atoms with van der Waals surface area (Å²) < 4.78 is 0. The number of alkyl halides is 1. The van der Waals surface area contributed by atoms with Gasteiger partial charge < -0.3 is 0 Å². The molecule has 72 valence electrons. The predicted octanol–water partition coefficient (Wildman–Crippen LogP) is 4.52. The predicted molar refractivity (Wildman–Crippen MR) is 58.8 cm³/mol. The van der Waals surface area contributed by atoms with E-state index >= 15 is 0 Å². The zero-order valence-electron chi connectivity index (χ0n) is 8.24. The molecule has 0 radical (unpaired) electrons. The lowest BCUT2D eigenvalue weighted by atomic mass is 9.83. The van der Waals surface area contributed by atoms with Gasteiger partial charge in [-0.25, -0.2) is 0 Å². The van der Waals surface area contributed by atoms with E-state index in [1.165, 1.54) is 56.7 Å². The Morgan fingerprint density at radius 2 is 1.75 bits per heavy atom. The molecule has 0 N–H and O–H groups in total. The maximum absolute atomic E-state index is 3.48. The van der Waals surface area contributed by atoms with Crippen molar-refractivity contribution in [3.05, 3.63) is 0 Å². The van der Waals surface area contributed by atoms with E-state index in [4.69, 9.17) is 0 Å². The molecule has 0 atom stereocenters. The summed E-state index contributed by atoms with van der Waals surface area (Å²) in [6.07, 6.45) is 11.6. The van der Waals surface area contributed by atoms with Crippen molar-refractivity contribution in [1.82, 2.24) is 0 Å². The molecule has 0 amide bonds. The molecule has 1 saturated carbocycles. The van der Waals surface area contributed by atoms with Crippen molar-refractivity contribution in [1.29, 1.82) is 0 Å². The molecule has 0 spiro atoms. The molecule has 1 aliphatic rings. The summed E-state index contributed by atoms with van der Waals surface area (Å²) in [7, 11) is 0. The second-order valence-electron chi connectivity index (χ2n) is 4.52. The highest BCUT2D eigenvalue weighted by molar-refractivity contribution is 9.09. The van der Waals surface area contributed by atoms with Crippen LogP contribution in [0.25, 0.3) is 0 Å². The topological polar surface area (TPSA) is 0 Å². The van der Waals surface area contributed by atoms with Crippen LogP contribution in [0.3, 0.4) is 0 Å². The van der Waals surface area contributed by atoms with E-state index in [-0.39, 0.29) is 0 Å². The third-order valence-corrected chi connectivity index (χ3v) is 3.79. The molecule has 0 heterocycles. The van der Waals surface area contributed by atoms with Gasteiger partial charge in [0.05, 0.1) is 0 Å². The van der Waals surface area contributed by atoms with Gasteiger partial charge in [-0.05, 0) is 31.1 Å². The molecule has 0 saturated heterocycles. The van der Waals surface area contributed by atoms with Crippen LogP contribution in [0.4, 0.5) is 0 Å². The summed E-state index contributed by atoms with van der Waals surface area (Å²) in [5.41, 5.74) is 0.728. The monoisotopic (exact) mass is 232 g/mol. The minimum Gasteiger partial charge on any atom is -0.0928 e. The van der Waals surface area contributed by atoms with E-state index in [0.29, 0.717) is 0 Å². The number of halogens is 1. The van der Waals surface area contributed by atoms with Crippen LogP contribution in [0.1, 0.15) is 58.3 Å². The van der Waals surface area contributed by atoms with Gasteiger partial charge in [0.25, 0.3) is 0 Å². The van der Waals surface area contributed by atoms with Gasteiger partial charge >= 0.3 is 0 Å². The smallest absolute Gasteiger partial charge is 0.00313 e. The van der Waals surface area contributed by atoms with Gasteiger partial charge in [0.15, 0.2) is 0 Å². The molecule has 0 aromatic rings.